The molecule has 0 amide bonds. The van der Waals surface area contributed by atoms with Gasteiger partial charge in [0.25, 0.3) is 0 Å². The molecule has 1 rings (SSSR count). The van der Waals surface area contributed by atoms with E-state index in [0.29, 0.717) is 0 Å². The van der Waals surface area contributed by atoms with Gasteiger partial charge in [0.15, 0.2) is 4.32 Å². The summed E-state index contributed by atoms with van der Waals surface area (Å²) in [5, 5.41) is 0. The van der Waals surface area contributed by atoms with E-state index in [1.165, 1.54) is 7.11 Å². The Kier molecular flexibility index (Phi) is 3.79. The van der Waals surface area contributed by atoms with Gasteiger partial charge in [-0.1, -0.05) is 67.0 Å². The first kappa shape index (κ1) is 13.2. The zero-order valence-corrected chi connectivity index (χ0v) is 11.7. The van der Waals surface area contributed by atoms with Crippen LogP contribution in [0.15, 0.2) is 30.3 Å². The maximum atomic E-state index is 12.0. The summed E-state index contributed by atoms with van der Waals surface area (Å²) in [4.78, 5) is 12.0. The molecule has 16 heavy (non-hydrogen) atoms. The third-order valence-electron chi connectivity index (χ3n) is 2.67. The van der Waals surface area contributed by atoms with Crippen molar-refractivity contribution < 1.29 is 9.53 Å². The number of halogens is 1. The Balaban J connectivity index is 3.32. The standard InChI is InChI=1S/C13H17BrO2/c1-12(2,3)13(14,11(15)16-4)10-8-6-5-7-9-10/h5-9H,1-4H3. The van der Waals surface area contributed by atoms with Gasteiger partial charge in [0.05, 0.1) is 7.11 Å². The van der Waals surface area contributed by atoms with Gasteiger partial charge in [-0.25, -0.2) is 0 Å². The number of rotatable bonds is 2. The average molecular weight is 285 g/mol. The summed E-state index contributed by atoms with van der Waals surface area (Å²) in [6.45, 7) is 6.02. The summed E-state index contributed by atoms with van der Waals surface area (Å²) in [5.74, 6) is -0.272. The third kappa shape index (κ3) is 2.14. The first-order valence-corrected chi connectivity index (χ1v) is 5.96. The molecule has 88 valence electrons. The van der Waals surface area contributed by atoms with Gasteiger partial charge in [0, 0.05) is 0 Å². The van der Waals surface area contributed by atoms with Gasteiger partial charge in [-0.3, -0.25) is 4.79 Å². The van der Waals surface area contributed by atoms with E-state index in [0.717, 1.165) is 5.56 Å². The Morgan fingerprint density at radius 3 is 2.06 bits per heavy atom. The van der Waals surface area contributed by atoms with Gasteiger partial charge < -0.3 is 4.74 Å². The largest absolute Gasteiger partial charge is 0.468 e. The number of benzene rings is 1. The van der Waals surface area contributed by atoms with E-state index in [4.69, 9.17) is 4.74 Å². The van der Waals surface area contributed by atoms with Crippen molar-refractivity contribution >= 4 is 21.9 Å². The minimum atomic E-state index is -0.810. The molecule has 0 aliphatic rings. The van der Waals surface area contributed by atoms with Gasteiger partial charge in [-0.2, -0.15) is 0 Å². The lowest BCUT2D eigenvalue weighted by atomic mass is 9.76. The van der Waals surface area contributed by atoms with Crippen LogP contribution in [0.3, 0.4) is 0 Å². The molecular formula is C13H17BrO2. The van der Waals surface area contributed by atoms with Gasteiger partial charge in [0.1, 0.15) is 0 Å². The summed E-state index contributed by atoms with van der Waals surface area (Å²) in [6.07, 6.45) is 0. The van der Waals surface area contributed by atoms with Gasteiger partial charge in [-0.15, -0.1) is 0 Å². The number of esters is 1. The van der Waals surface area contributed by atoms with Crippen LogP contribution in [0.25, 0.3) is 0 Å². The zero-order valence-electron chi connectivity index (χ0n) is 10.1. The van der Waals surface area contributed by atoms with Gasteiger partial charge in [-0.05, 0) is 11.0 Å². The van der Waals surface area contributed by atoms with Crippen molar-refractivity contribution in [3.8, 4) is 0 Å². The molecule has 0 aliphatic carbocycles. The molecular weight excluding hydrogens is 268 g/mol. The van der Waals surface area contributed by atoms with E-state index in [2.05, 4.69) is 15.9 Å². The lowest BCUT2D eigenvalue weighted by Crippen LogP contribution is -2.42. The fourth-order valence-corrected chi connectivity index (χ4v) is 2.09. The number of alkyl halides is 1. The molecule has 1 aromatic rings. The van der Waals surface area contributed by atoms with Crippen LogP contribution in [-0.2, 0) is 13.9 Å². The van der Waals surface area contributed by atoms with Crippen LogP contribution in [0.2, 0.25) is 0 Å². The number of hydrogen-bond donors (Lipinski definition) is 0. The quantitative estimate of drug-likeness (QED) is 0.614. The molecule has 1 unspecified atom stereocenters. The van der Waals surface area contributed by atoms with E-state index in [1.807, 2.05) is 51.1 Å². The topological polar surface area (TPSA) is 26.3 Å². The van der Waals surface area contributed by atoms with Crippen molar-refractivity contribution in [2.24, 2.45) is 5.41 Å². The van der Waals surface area contributed by atoms with E-state index in [-0.39, 0.29) is 11.4 Å². The highest BCUT2D eigenvalue weighted by molar-refractivity contribution is 9.10. The Bertz CT molecular complexity index is 367. The molecule has 0 heterocycles. The maximum Gasteiger partial charge on any atom is 0.327 e. The smallest absolute Gasteiger partial charge is 0.327 e. The second kappa shape index (κ2) is 4.58. The Morgan fingerprint density at radius 1 is 1.19 bits per heavy atom. The first-order valence-electron chi connectivity index (χ1n) is 5.17. The summed E-state index contributed by atoms with van der Waals surface area (Å²) < 4.78 is 4.10. The summed E-state index contributed by atoms with van der Waals surface area (Å²) in [7, 11) is 1.41. The number of carbonyl (C=O) groups excluding carboxylic acids is 1. The fourth-order valence-electron chi connectivity index (χ4n) is 1.67. The summed E-state index contributed by atoms with van der Waals surface area (Å²) >= 11 is 3.57. The van der Waals surface area contributed by atoms with Crippen LogP contribution >= 0.6 is 15.9 Å². The highest BCUT2D eigenvalue weighted by atomic mass is 79.9. The molecule has 0 bridgehead atoms. The number of carbonyl (C=O) groups is 1. The SMILES string of the molecule is COC(=O)C(Br)(c1ccccc1)C(C)(C)C. The van der Waals surface area contributed by atoms with Crippen molar-refractivity contribution in [2.45, 2.75) is 25.1 Å². The number of ether oxygens (including phenoxy) is 1. The monoisotopic (exact) mass is 284 g/mol. The molecule has 1 atom stereocenters. The summed E-state index contributed by atoms with van der Waals surface area (Å²) in [5.41, 5.74) is 0.635. The highest BCUT2D eigenvalue weighted by Crippen LogP contribution is 2.47. The first-order chi connectivity index (χ1) is 7.34. The van der Waals surface area contributed by atoms with Crippen molar-refractivity contribution in [1.29, 1.82) is 0 Å². The van der Waals surface area contributed by atoms with E-state index in [9.17, 15) is 4.79 Å². The predicted molar refractivity (Wildman–Crippen MR) is 68.5 cm³/mol. The fraction of sp³-hybridized carbons (Fsp3) is 0.462. The molecule has 3 heteroatoms. The van der Waals surface area contributed by atoms with E-state index < -0.39 is 4.32 Å². The number of hydrogen-bond acceptors (Lipinski definition) is 2. The van der Waals surface area contributed by atoms with Crippen LogP contribution in [0.5, 0.6) is 0 Å². The normalized spacial score (nSPS) is 15.3. The lowest BCUT2D eigenvalue weighted by molar-refractivity contribution is -0.146. The van der Waals surface area contributed by atoms with Crippen LogP contribution in [0.1, 0.15) is 26.3 Å². The second-order valence-corrected chi connectivity index (χ2v) is 5.96. The second-order valence-electron chi connectivity index (χ2n) is 4.77. The molecule has 2 nitrogen and oxygen atoms in total. The zero-order chi connectivity index (χ0) is 12.4. The number of methoxy groups -OCH3 is 1. The third-order valence-corrected chi connectivity index (χ3v) is 4.64. The van der Waals surface area contributed by atoms with Crippen LogP contribution in [0.4, 0.5) is 0 Å². The Labute approximate surface area is 105 Å². The molecule has 0 N–H and O–H groups in total. The van der Waals surface area contributed by atoms with Crippen molar-refractivity contribution in [2.75, 3.05) is 7.11 Å². The van der Waals surface area contributed by atoms with Crippen molar-refractivity contribution in [3.05, 3.63) is 35.9 Å². The molecule has 0 saturated carbocycles. The molecule has 0 aromatic heterocycles. The maximum absolute atomic E-state index is 12.0. The molecule has 0 saturated heterocycles. The summed E-state index contributed by atoms with van der Waals surface area (Å²) in [6, 6.07) is 9.62. The van der Waals surface area contributed by atoms with Crippen LogP contribution in [0, 0.1) is 5.41 Å². The van der Waals surface area contributed by atoms with Crippen LogP contribution in [-0.4, -0.2) is 13.1 Å². The molecule has 0 aliphatic heterocycles. The minimum Gasteiger partial charge on any atom is -0.468 e. The van der Waals surface area contributed by atoms with Crippen LogP contribution < -0.4 is 0 Å². The van der Waals surface area contributed by atoms with Gasteiger partial charge >= 0.3 is 5.97 Å². The van der Waals surface area contributed by atoms with E-state index in [1.54, 1.807) is 0 Å². The average Bonchev–Trinajstić information content (AvgIpc) is 2.26. The van der Waals surface area contributed by atoms with Crippen molar-refractivity contribution in [1.82, 2.24) is 0 Å². The highest BCUT2D eigenvalue weighted by Gasteiger charge is 2.48. The molecule has 0 spiro atoms. The Morgan fingerprint density at radius 2 is 1.69 bits per heavy atom. The van der Waals surface area contributed by atoms with Gasteiger partial charge in [0.2, 0.25) is 0 Å². The molecule has 0 radical (unpaired) electrons. The predicted octanol–water partition coefficient (Wildman–Crippen LogP) is 3.50. The molecule has 0 fully saturated rings. The Hall–Kier alpha value is -0.830. The van der Waals surface area contributed by atoms with Crippen molar-refractivity contribution in [3.63, 3.8) is 0 Å². The lowest BCUT2D eigenvalue weighted by Gasteiger charge is -2.37. The minimum absolute atomic E-state index is 0.272. The molecule has 1 aromatic carbocycles. The van der Waals surface area contributed by atoms with E-state index >= 15 is 0 Å².